The van der Waals surface area contributed by atoms with Gasteiger partial charge in [-0.05, 0) is 77.7 Å². The van der Waals surface area contributed by atoms with E-state index in [2.05, 4.69) is 37.4 Å². The Hall–Kier alpha value is -3.36. The summed E-state index contributed by atoms with van der Waals surface area (Å²) in [5, 5.41) is 2.08. The van der Waals surface area contributed by atoms with Gasteiger partial charge in [-0.25, -0.2) is 0 Å². The quantitative estimate of drug-likeness (QED) is 0.276. The van der Waals surface area contributed by atoms with Gasteiger partial charge in [-0.15, -0.1) is 11.3 Å². The molecule has 0 saturated heterocycles. The third-order valence-corrected chi connectivity index (χ3v) is 8.09. The number of benzene rings is 2. The van der Waals surface area contributed by atoms with Crippen molar-refractivity contribution in [2.24, 2.45) is 0 Å². The number of hydrogen-bond acceptors (Lipinski definition) is 6. The molecule has 0 spiro atoms. The Bertz CT molecular complexity index is 1220. The number of amides is 2. The molecule has 0 N–H and O–H groups in total. The molecule has 2 amide bonds. The Morgan fingerprint density at radius 1 is 1.03 bits per heavy atom. The van der Waals surface area contributed by atoms with Crippen molar-refractivity contribution in [3.63, 3.8) is 0 Å². The zero-order chi connectivity index (χ0) is 27.8. The van der Waals surface area contributed by atoms with Crippen molar-refractivity contribution in [2.45, 2.75) is 38.6 Å². The van der Waals surface area contributed by atoms with Crippen LogP contribution in [0.3, 0.4) is 0 Å². The van der Waals surface area contributed by atoms with Gasteiger partial charge in [-0.3, -0.25) is 9.59 Å². The molecular formula is C31H38N2O5S. The predicted octanol–water partition coefficient (Wildman–Crippen LogP) is 5.56. The third kappa shape index (κ3) is 7.19. The zero-order valence-corrected chi connectivity index (χ0v) is 24.0. The van der Waals surface area contributed by atoms with Crippen LogP contribution in [0.15, 0.2) is 60.0 Å². The summed E-state index contributed by atoms with van der Waals surface area (Å²) >= 11 is 1.72. The van der Waals surface area contributed by atoms with Crippen LogP contribution in [0, 0.1) is 0 Å². The Morgan fingerprint density at radius 2 is 1.74 bits per heavy atom. The lowest BCUT2D eigenvalue weighted by molar-refractivity contribution is -0.135. The number of carbonyl (C=O) groups excluding carboxylic acids is 2. The molecule has 1 aliphatic heterocycles. The second-order valence-electron chi connectivity index (χ2n) is 9.99. The number of methoxy groups -OCH3 is 2. The van der Waals surface area contributed by atoms with E-state index in [-0.39, 0.29) is 24.4 Å². The maximum absolute atomic E-state index is 13.8. The van der Waals surface area contributed by atoms with Crippen LogP contribution in [-0.4, -0.2) is 68.7 Å². The van der Waals surface area contributed by atoms with E-state index in [1.807, 2.05) is 17.0 Å². The molecular weight excluding hydrogens is 512 g/mol. The summed E-state index contributed by atoms with van der Waals surface area (Å²) in [6.07, 6.45) is 1.44. The smallest absolute Gasteiger partial charge is 0.254 e. The third-order valence-electron chi connectivity index (χ3n) is 7.10. The fourth-order valence-corrected chi connectivity index (χ4v) is 5.75. The Balaban J connectivity index is 1.50. The summed E-state index contributed by atoms with van der Waals surface area (Å²) in [5.74, 6) is 1.63. The van der Waals surface area contributed by atoms with Gasteiger partial charge in [0.05, 0.1) is 13.2 Å². The van der Waals surface area contributed by atoms with Crippen molar-refractivity contribution in [3.8, 4) is 11.5 Å². The van der Waals surface area contributed by atoms with Gasteiger partial charge in [-0.2, -0.15) is 0 Å². The minimum atomic E-state index is -0.214. The second kappa shape index (κ2) is 13.6. The first-order valence-electron chi connectivity index (χ1n) is 13.4. The Morgan fingerprint density at radius 3 is 2.41 bits per heavy atom. The fraction of sp³-hybridized carbons (Fsp3) is 0.419. The van der Waals surface area contributed by atoms with E-state index in [1.54, 1.807) is 54.7 Å². The number of thiophene rings is 1. The molecule has 4 rings (SSSR count). The molecule has 2 heterocycles. The van der Waals surface area contributed by atoms with E-state index >= 15 is 0 Å². The summed E-state index contributed by atoms with van der Waals surface area (Å²) in [7, 11) is 3.22. The van der Waals surface area contributed by atoms with Gasteiger partial charge in [0, 0.05) is 37.2 Å². The van der Waals surface area contributed by atoms with Gasteiger partial charge in [0.15, 0.2) is 0 Å². The van der Waals surface area contributed by atoms with Crippen LogP contribution < -0.4 is 9.47 Å². The van der Waals surface area contributed by atoms with Gasteiger partial charge in [-0.1, -0.05) is 26.0 Å². The van der Waals surface area contributed by atoms with E-state index in [4.69, 9.17) is 14.2 Å². The summed E-state index contributed by atoms with van der Waals surface area (Å²) in [6, 6.07) is 17.0. The topological polar surface area (TPSA) is 68.3 Å². The molecule has 0 saturated carbocycles. The number of fused-ring (bicyclic) bond motifs is 1. The number of carbonyl (C=O) groups is 2. The molecule has 2 aromatic carbocycles. The van der Waals surface area contributed by atoms with E-state index in [0.717, 1.165) is 17.7 Å². The fourth-order valence-electron chi connectivity index (χ4n) is 4.82. The van der Waals surface area contributed by atoms with Crippen molar-refractivity contribution in [3.05, 3.63) is 81.5 Å². The van der Waals surface area contributed by atoms with Crippen LogP contribution in [0.4, 0.5) is 0 Å². The minimum absolute atomic E-state index is 0.00632. The summed E-state index contributed by atoms with van der Waals surface area (Å²) < 4.78 is 16.6. The SMILES string of the molecule is COCCCN(CC(=O)N1CCc2sccc2[C@@H]1COc1ccc(C(C)C)cc1)C(=O)c1ccc(OC)cc1. The normalized spacial score (nSPS) is 14.7. The van der Waals surface area contributed by atoms with E-state index in [0.29, 0.717) is 50.0 Å². The molecule has 7 nitrogen and oxygen atoms in total. The molecule has 8 heteroatoms. The second-order valence-corrected chi connectivity index (χ2v) is 11.0. The van der Waals surface area contributed by atoms with Crippen molar-refractivity contribution >= 4 is 23.2 Å². The number of rotatable bonds is 12. The highest BCUT2D eigenvalue weighted by atomic mass is 32.1. The zero-order valence-electron chi connectivity index (χ0n) is 23.2. The van der Waals surface area contributed by atoms with Crippen LogP contribution in [0.2, 0.25) is 0 Å². The largest absolute Gasteiger partial charge is 0.497 e. The molecule has 0 unspecified atom stereocenters. The Kier molecular flexibility index (Phi) is 10.0. The van der Waals surface area contributed by atoms with Crippen molar-refractivity contribution in [1.82, 2.24) is 9.80 Å². The van der Waals surface area contributed by atoms with Gasteiger partial charge < -0.3 is 24.0 Å². The first-order valence-corrected chi connectivity index (χ1v) is 14.3. The van der Waals surface area contributed by atoms with Crippen LogP contribution in [0.5, 0.6) is 11.5 Å². The van der Waals surface area contributed by atoms with E-state index in [1.165, 1.54) is 10.4 Å². The number of hydrogen-bond donors (Lipinski definition) is 0. The highest BCUT2D eigenvalue weighted by Gasteiger charge is 2.33. The maximum atomic E-state index is 13.8. The minimum Gasteiger partial charge on any atom is -0.497 e. The van der Waals surface area contributed by atoms with Crippen LogP contribution in [-0.2, 0) is 16.0 Å². The average molecular weight is 551 g/mol. The highest BCUT2D eigenvalue weighted by molar-refractivity contribution is 7.10. The first-order chi connectivity index (χ1) is 18.9. The van der Waals surface area contributed by atoms with Gasteiger partial charge in [0.1, 0.15) is 24.7 Å². The van der Waals surface area contributed by atoms with Gasteiger partial charge in [0.25, 0.3) is 5.91 Å². The maximum Gasteiger partial charge on any atom is 0.254 e. The van der Waals surface area contributed by atoms with Gasteiger partial charge in [0.2, 0.25) is 5.91 Å². The lowest BCUT2D eigenvalue weighted by Crippen LogP contribution is -2.48. The summed E-state index contributed by atoms with van der Waals surface area (Å²) in [5.41, 5.74) is 2.90. The molecule has 208 valence electrons. The van der Waals surface area contributed by atoms with Crippen LogP contribution in [0.1, 0.15) is 58.6 Å². The van der Waals surface area contributed by atoms with E-state index in [9.17, 15) is 9.59 Å². The molecule has 1 atom stereocenters. The molecule has 3 aromatic rings. The molecule has 0 bridgehead atoms. The van der Waals surface area contributed by atoms with E-state index < -0.39 is 0 Å². The van der Waals surface area contributed by atoms with Crippen molar-refractivity contribution < 1.29 is 23.8 Å². The molecule has 0 aliphatic carbocycles. The van der Waals surface area contributed by atoms with Crippen LogP contribution in [0.25, 0.3) is 0 Å². The Labute approximate surface area is 235 Å². The standard InChI is InChI=1S/C31H38N2O5S/c1-22(2)23-6-12-26(13-7-23)38-21-28-27-15-19-39-29(27)14-17-33(28)30(34)20-32(16-5-18-36-3)31(35)24-8-10-25(37-4)11-9-24/h6-13,15,19,22,28H,5,14,16-18,20-21H2,1-4H3/t28-/m0/s1. The molecule has 1 aliphatic rings. The lowest BCUT2D eigenvalue weighted by Gasteiger charge is -2.37. The summed E-state index contributed by atoms with van der Waals surface area (Å²) in [4.78, 5) is 32.0. The highest BCUT2D eigenvalue weighted by Crippen LogP contribution is 2.34. The number of ether oxygens (including phenoxy) is 3. The molecule has 39 heavy (non-hydrogen) atoms. The summed E-state index contributed by atoms with van der Waals surface area (Å²) in [6.45, 7) is 6.20. The van der Waals surface area contributed by atoms with Crippen molar-refractivity contribution in [2.75, 3.05) is 47.1 Å². The average Bonchev–Trinajstić information content (AvgIpc) is 3.44. The first kappa shape index (κ1) is 28.6. The van der Waals surface area contributed by atoms with Crippen LogP contribution >= 0.6 is 11.3 Å². The number of nitrogens with zero attached hydrogens (tertiary/aromatic N) is 2. The van der Waals surface area contributed by atoms with Crippen molar-refractivity contribution in [1.29, 1.82) is 0 Å². The predicted molar refractivity (Wildman–Crippen MR) is 154 cm³/mol. The van der Waals surface area contributed by atoms with Gasteiger partial charge >= 0.3 is 0 Å². The lowest BCUT2D eigenvalue weighted by atomic mass is 10.00. The molecule has 0 fully saturated rings. The monoisotopic (exact) mass is 550 g/mol. The molecule has 0 radical (unpaired) electrons. The molecule has 1 aromatic heterocycles.